The summed E-state index contributed by atoms with van der Waals surface area (Å²) in [5, 5.41) is 3.55. The molecule has 0 aromatic heterocycles. The maximum absolute atomic E-state index is 12.2. The van der Waals surface area contributed by atoms with Crippen LogP contribution in [-0.4, -0.2) is 48.5 Å². The van der Waals surface area contributed by atoms with Crippen LogP contribution in [-0.2, 0) is 14.3 Å². The van der Waals surface area contributed by atoms with Crippen LogP contribution in [0.5, 0.6) is 0 Å². The average molecular weight is 362 g/mol. The maximum atomic E-state index is 12.2. The first-order valence-electron chi connectivity index (χ1n) is 5.97. The molecule has 20 heavy (non-hydrogen) atoms. The van der Waals surface area contributed by atoms with Crippen molar-refractivity contribution in [3.8, 4) is 0 Å². The summed E-state index contributed by atoms with van der Waals surface area (Å²) in [6, 6.07) is 0. The van der Waals surface area contributed by atoms with E-state index in [9.17, 15) is 9.59 Å². The first-order valence-corrected chi connectivity index (χ1v) is 8.18. The third kappa shape index (κ3) is 5.06. The van der Waals surface area contributed by atoms with E-state index in [0.717, 1.165) is 6.21 Å². The minimum Gasteiger partial charge on any atom is -0.462 e. The van der Waals surface area contributed by atoms with Gasteiger partial charge in [0.15, 0.2) is 8.22 Å². The summed E-state index contributed by atoms with van der Waals surface area (Å²) >= 11 is 3.42. The van der Waals surface area contributed by atoms with Crippen molar-refractivity contribution in [2.75, 3.05) is 20.7 Å². The lowest BCUT2D eigenvalue weighted by atomic mass is 10.3. The third-order valence-electron chi connectivity index (χ3n) is 2.21. The number of allylic oxidation sites excluding steroid dienone is 2. The number of likely N-dealkylation sites (N-methyl/N-ethyl adjacent to an activating group) is 1. The van der Waals surface area contributed by atoms with Crippen LogP contribution in [0.1, 0.15) is 6.92 Å². The SMILES string of the molecule is CCOC(=O)C=NP1NC=CC(Br)C=C1C(=O)N(C)C. The molecule has 0 aromatic carbocycles. The Morgan fingerprint density at radius 1 is 1.60 bits per heavy atom. The fourth-order valence-corrected chi connectivity index (χ4v) is 3.39. The van der Waals surface area contributed by atoms with Crippen LogP contribution >= 0.6 is 24.2 Å². The summed E-state index contributed by atoms with van der Waals surface area (Å²) < 4.78 is 8.93. The second-order valence-electron chi connectivity index (χ2n) is 3.99. The van der Waals surface area contributed by atoms with Gasteiger partial charge in [-0.15, -0.1) is 0 Å². The van der Waals surface area contributed by atoms with Gasteiger partial charge >= 0.3 is 5.97 Å². The minimum absolute atomic E-state index is 0.0563. The number of hydrogen-bond donors (Lipinski definition) is 1. The molecule has 110 valence electrons. The normalized spacial score (nSPS) is 21.9. The van der Waals surface area contributed by atoms with E-state index >= 15 is 0 Å². The Labute approximate surface area is 127 Å². The van der Waals surface area contributed by atoms with Gasteiger partial charge in [0.1, 0.15) is 6.21 Å². The van der Waals surface area contributed by atoms with E-state index in [1.165, 1.54) is 4.90 Å². The van der Waals surface area contributed by atoms with Crippen molar-refractivity contribution >= 4 is 42.2 Å². The van der Waals surface area contributed by atoms with Gasteiger partial charge in [-0.05, 0) is 13.1 Å². The van der Waals surface area contributed by atoms with E-state index in [0.29, 0.717) is 11.9 Å². The molecule has 0 saturated heterocycles. The quantitative estimate of drug-likeness (QED) is 0.358. The number of nitrogens with one attached hydrogen (secondary N) is 1. The predicted molar refractivity (Wildman–Crippen MR) is 83.8 cm³/mol. The van der Waals surface area contributed by atoms with Crippen molar-refractivity contribution in [2.24, 2.45) is 4.76 Å². The molecular formula is C12H17BrN3O3P. The summed E-state index contributed by atoms with van der Waals surface area (Å²) in [5.74, 6) is -0.658. The lowest BCUT2D eigenvalue weighted by Crippen LogP contribution is -2.24. The van der Waals surface area contributed by atoms with Crippen LogP contribution < -0.4 is 5.09 Å². The zero-order chi connectivity index (χ0) is 15.1. The van der Waals surface area contributed by atoms with E-state index < -0.39 is 14.2 Å². The van der Waals surface area contributed by atoms with Crippen molar-refractivity contribution in [1.29, 1.82) is 0 Å². The van der Waals surface area contributed by atoms with Gasteiger partial charge in [0.2, 0.25) is 0 Å². The first kappa shape index (κ1) is 16.9. The van der Waals surface area contributed by atoms with Crippen molar-refractivity contribution in [3.05, 3.63) is 23.7 Å². The second-order valence-corrected chi connectivity index (χ2v) is 6.64. The topological polar surface area (TPSA) is 71.0 Å². The van der Waals surface area contributed by atoms with Crippen LogP contribution in [0.4, 0.5) is 0 Å². The number of esters is 1. The molecule has 1 aliphatic heterocycles. The number of carbonyl (C=O) groups is 2. The van der Waals surface area contributed by atoms with Gasteiger partial charge in [-0.1, -0.05) is 28.1 Å². The predicted octanol–water partition coefficient (Wildman–Crippen LogP) is 1.78. The van der Waals surface area contributed by atoms with Gasteiger partial charge in [0.05, 0.1) is 16.7 Å². The molecule has 1 amide bonds. The standard InChI is InChI=1S/C12H17BrN3O3P/c1-4-19-11(17)8-15-20-10(12(18)16(2)3)7-9(13)5-6-14-20/h5-9,14H,4H2,1-3H3. The Hall–Kier alpha value is -1.20. The largest absolute Gasteiger partial charge is 0.462 e. The molecule has 1 heterocycles. The Morgan fingerprint density at radius 2 is 2.30 bits per heavy atom. The summed E-state index contributed by atoms with van der Waals surface area (Å²) in [6.45, 7) is 2.01. The average Bonchev–Trinajstić information content (AvgIpc) is 2.57. The maximum Gasteiger partial charge on any atom is 0.349 e. The highest BCUT2D eigenvalue weighted by atomic mass is 79.9. The van der Waals surface area contributed by atoms with Gasteiger partial charge in [-0.25, -0.2) is 9.56 Å². The van der Waals surface area contributed by atoms with E-state index in [1.807, 2.05) is 6.08 Å². The molecule has 8 heteroatoms. The van der Waals surface area contributed by atoms with Crippen LogP contribution in [0.2, 0.25) is 0 Å². The number of amides is 1. The molecule has 1 rings (SSSR count). The Morgan fingerprint density at radius 3 is 2.90 bits per heavy atom. The van der Waals surface area contributed by atoms with E-state index in [4.69, 9.17) is 4.74 Å². The van der Waals surface area contributed by atoms with Gasteiger partial charge in [0, 0.05) is 14.1 Å². The van der Waals surface area contributed by atoms with Crippen molar-refractivity contribution < 1.29 is 14.3 Å². The highest BCUT2D eigenvalue weighted by molar-refractivity contribution is 9.09. The number of halogens is 1. The molecule has 2 atom stereocenters. The second kappa shape index (κ2) is 8.17. The van der Waals surface area contributed by atoms with E-state index in [1.54, 1.807) is 33.3 Å². The smallest absolute Gasteiger partial charge is 0.349 e. The summed E-state index contributed by atoms with van der Waals surface area (Å²) in [6.07, 6.45) is 6.47. The monoisotopic (exact) mass is 361 g/mol. The highest BCUT2D eigenvalue weighted by Gasteiger charge is 2.24. The molecule has 2 unspecified atom stereocenters. The molecule has 0 spiro atoms. The number of rotatable bonds is 4. The molecule has 1 aliphatic rings. The summed E-state index contributed by atoms with van der Waals surface area (Å²) in [7, 11) is 2.02. The first-order chi connectivity index (χ1) is 9.45. The molecular weight excluding hydrogens is 345 g/mol. The molecule has 0 fully saturated rings. The number of ether oxygens (including phenoxy) is 1. The molecule has 0 saturated carbocycles. The fraction of sp³-hybridized carbons (Fsp3) is 0.417. The van der Waals surface area contributed by atoms with E-state index in [2.05, 4.69) is 25.8 Å². The summed E-state index contributed by atoms with van der Waals surface area (Å²) in [5.41, 5.74) is 0. The van der Waals surface area contributed by atoms with Crippen molar-refractivity contribution in [1.82, 2.24) is 9.99 Å². The van der Waals surface area contributed by atoms with Crippen molar-refractivity contribution in [2.45, 2.75) is 11.8 Å². The van der Waals surface area contributed by atoms with Gasteiger partial charge in [-0.3, -0.25) is 4.79 Å². The van der Waals surface area contributed by atoms with Gasteiger partial charge in [0.25, 0.3) is 5.91 Å². The fourth-order valence-electron chi connectivity index (χ4n) is 1.32. The molecule has 0 aromatic rings. The number of carbonyl (C=O) groups excluding carboxylic acids is 2. The van der Waals surface area contributed by atoms with Crippen LogP contribution in [0.3, 0.4) is 0 Å². The van der Waals surface area contributed by atoms with E-state index in [-0.39, 0.29) is 10.7 Å². The Balaban J connectivity index is 2.94. The Kier molecular flexibility index (Phi) is 6.88. The highest BCUT2D eigenvalue weighted by Crippen LogP contribution is 2.44. The zero-order valence-corrected chi connectivity index (χ0v) is 14.0. The lowest BCUT2D eigenvalue weighted by molar-refractivity contribution is -0.134. The molecule has 0 aliphatic carbocycles. The van der Waals surface area contributed by atoms with Crippen LogP contribution in [0.25, 0.3) is 0 Å². The minimum atomic E-state index is -1.33. The van der Waals surface area contributed by atoms with Crippen molar-refractivity contribution in [3.63, 3.8) is 0 Å². The molecule has 0 bridgehead atoms. The van der Waals surface area contributed by atoms with Gasteiger partial charge < -0.3 is 14.7 Å². The Bertz CT molecular complexity index is 463. The lowest BCUT2D eigenvalue weighted by Gasteiger charge is -2.18. The van der Waals surface area contributed by atoms with Crippen LogP contribution in [0.15, 0.2) is 28.4 Å². The molecule has 6 nitrogen and oxygen atoms in total. The van der Waals surface area contributed by atoms with Gasteiger partial charge in [-0.2, -0.15) is 0 Å². The molecule has 0 radical (unpaired) electrons. The molecule has 1 N–H and O–H groups in total. The van der Waals surface area contributed by atoms with Crippen LogP contribution in [0, 0.1) is 0 Å². The number of alkyl halides is 1. The number of nitrogens with zero attached hydrogens (tertiary/aromatic N) is 2. The number of hydrogen-bond acceptors (Lipinski definition) is 5. The zero-order valence-electron chi connectivity index (χ0n) is 11.5. The third-order valence-corrected chi connectivity index (χ3v) is 4.32. The summed E-state index contributed by atoms with van der Waals surface area (Å²) in [4.78, 5) is 24.9.